The maximum absolute atomic E-state index is 12.5. The number of nitrogens with one attached hydrogen (secondary N) is 1. The quantitative estimate of drug-likeness (QED) is 0.605. The molecule has 0 unspecified atom stereocenters. The summed E-state index contributed by atoms with van der Waals surface area (Å²) in [5.74, 6) is -2.39. The number of methoxy groups -OCH3 is 2. The molecular weight excluding hydrogens is 332 g/mol. The summed E-state index contributed by atoms with van der Waals surface area (Å²) >= 11 is 0. The Kier molecular flexibility index (Phi) is 5.60. The van der Waals surface area contributed by atoms with E-state index < -0.39 is 17.8 Å². The van der Waals surface area contributed by atoms with Crippen LogP contribution in [0.25, 0.3) is 0 Å². The van der Waals surface area contributed by atoms with Gasteiger partial charge in [-0.2, -0.15) is 0 Å². The van der Waals surface area contributed by atoms with Gasteiger partial charge in [0.05, 0.1) is 38.6 Å². The molecule has 0 bridgehead atoms. The molecule has 1 heterocycles. The molecular formula is C16H18N2O7. The van der Waals surface area contributed by atoms with Crippen molar-refractivity contribution in [3.05, 3.63) is 35.0 Å². The predicted molar refractivity (Wildman–Crippen MR) is 85.8 cm³/mol. The normalized spacial score (nSPS) is 13.9. The lowest BCUT2D eigenvalue weighted by atomic mass is 10.1. The van der Waals surface area contributed by atoms with E-state index in [4.69, 9.17) is 5.11 Å². The van der Waals surface area contributed by atoms with Gasteiger partial charge in [-0.3, -0.25) is 4.79 Å². The van der Waals surface area contributed by atoms with Gasteiger partial charge >= 0.3 is 11.9 Å². The maximum atomic E-state index is 12.5. The van der Waals surface area contributed by atoms with E-state index >= 15 is 0 Å². The van der Waals surface area contributed by atoms with Crippen LogP contribution < -0.4 is 5.32 Å². The number of hydrogen-bond donors (Lipinski definition) is 3. The molecule has 0 saturated heterocycles. The van der Waals surface area contributed by atoms with Gasteiger partial charge in [-0.25, -0.2) is 9.59 Å². The first-order valence-corrected chi connectivity index (χ1v) is 7.33. The molecule has 1 amide bonds. The number of phenols is 1. The van der Waals surface area contributed by atoms with Crippen molar-refractivity contribution in [2.45, 2.75) is 0 Å². The highest BCUT2D eigenvalue weighted by Gasteiger charge is 2.35. The van der Waals surface area contributed by atoms with Gasteiger partial charge in [0.1, 0.15) is 17.0 Å². The highest BCUT2D eigenvalue weighted by molar-refractivity contribution is 6.09. The number of ether oxygens (including phenoxy) is 2. The standard InChI is InChI=1S/C16H18N2O7/c1-24-15(22)9-8-18(6-7-19)14(21)13(9)17-10-4-3-5-11(20)12(10)16(23)25-2/h3-5,17,19-20H,6-8H2,1-2H3. The molecule has 0 spiro atoms. The summed E-state index contributed by atoms with van der Waals surface area (Å²) in [6.07, 6.45) is 0. The van der Waals surface area contributed by atoms with Gasteiger partial charge in [0.25, 0.3) is 5.91 Å². The Morgan fingerprint density at radius 2 is 1.92 bits per heavy atom. The van der Waals surface area contributed by atoms with Crippen LogP contribution >= 0.6 is 0 Å². The number of carbonyl (C=O) groups is 3. The van der Waals surface area contributed by atoms with Crippen LogP contribution in [-0.2, 0) is 19.1 Å². The first-order valence-electron chi connectivity index (χ1n) is 7.33. The monoisotopic (exact) mass is 350 g/mol. The Morgan fingerprint density at radius 1 is 1.24 bits per heavy atom. The second-order valence-corrected chi connectivity index (χ2v) is 5.11. The second kappa shape index (κ2) is 7.67. The second-order valence-electron chi connectivity index (χ2n) is 5.11. The van der Waals surface area contributed by atoms with Gasteiger partial charge in [-0.05, 0) is 12.1 Å². The summed E-state index contributed by atoms with van der Waals surface area (Å²) in [7, 11) is 2.34. The fraction of sp³-hybridized carbons (Fsp3) is 0.312. The number of aromatic hydroxyl groups is 1. The lowest BCUT2D eigenvalue weighted by Gasteiger charge is -2.16. The molecule has 3 N–H and O–H groups in total. The minimum absolute atomic E-state index is 0.0361. The zero-order valence-corrected chi connectivity index (χ0v) is 13.7. The predicted octanol–water partition coefficient (Wildman–Crippen LogP) is -0.148. The Bertz CT molecular complexity index is 742. The molecule has 9 nitrogen and oxygen atoms in total. The lowest BCUT2D eigenvalue weighted by Crippen LogP contribution is -2.31. The van der Waals surface area contributed by atoms with Crippen molar-refractivity contribution in [2.75, 3.05) is 39.2 Å². The average molecular weight is 350 g/mol. The number of benzene rings is 1. The molecule has 1 aliphatic heterocycles. The molecule has 9 heteroatoms. The lowest BCUT2D eigenvalue weighted by molar-refractivity contribution is -0.136. The van der Waals surface area contributed by atoms with Gasteiger partial charge in [0, 0.05) is 6.54 Å². The fourth-order valence-corrected chi connectivity index (χ4v) is 2.44. The van der Waals surface area contributed by atoms with Crippen LogP contribution in [0.3, 0.4) is 0 Å². The van der Waals surface area contributed by atoms with E-state index in [-0.39, 0.29) is 48.0 Å². The average Bonchev–Trinajstić information content (AvgIpc) is 2.90. The van der Waals surface area contributed by atoms with Crippen LogP contribution in [0.1, 0.15) is 10.4 Å². The summed E-state index contributed by atoms with van der Waals surface area (Å²) < 4.78 is 9.31. The van der Waals surface area contributed by atoms with Crippen molar-refractivity contribution >= 4 is 23.5 Å². The van der Waals surface area contributed by atoms with Crippen LogP contribution in [0.5, 0.6) is 5.75 Å². The number of anilines is 1. The Hall–Kier alpha value is -3.07. The number of amides is 1. The first kappa shape index (κ1) is 18.3. The third kappa shape index (κ3) is 3.56. The van der Waals surface area contributed by atoms with Crippen LogP contribution in [0, 0.1) is 0 Å². The Morgan fingerprint density at radius 3 is 2.52 bits per heavy atom. The third-order valence-corrected chi connectivity index (χ3v) is 3.65. The molecule has 0 radical (unpaired) electrons. The molecule has 1 aromatic rings. The molecule has 0 atom stereocenters. The number of hydrogen-bond acceptors (Lipinski definition) is 8. The Labute approximate surface area is 143 Å². The number of aliphatic hydroxyl groups is 1. The van der Waals surface area contributed by atoms with Crippen LogP contribution in [0.4, 0.5) is 5.69 Å². The van der Waals surface area contributed by atoms with E-state index in [2.05, 4.69) is 14.8 Å². The molecule has 0 fully saturated rings. The van der Waals surface area contributed by atoms with Crippen LogP contribution in [0.2, 0.25) is 0 Å². The zero-order chi connectivity index (χ0) is 18.6. The first-order chi connectivity index (χ1) is 11.9. The SMILES string of the molecule is COC(=O)C1=C(Nc2cccc(O)c2C(=O)OC)C(=O)N(CCO)C1. The molecule has 25 heavy (non-hydrogen) atoms. The van der Waals surface area contributed by atoms with Gasteiger partial charge in [0.15, 0.2) is 0 Å². The number of esters is 2. The smallest absolute Gasteiger partial charge is 0.343 e. The number of β-amino-alcohol motifs (C(OH)–C–C–N with tert-alkyl or cyclic N) is 1. The third-order valence-electron chi connectivity index (χ3n) is 3.65. The van der Waals surface area contributed by atoms with Crippen molar-refractivity contribution in [1.82, 2.24) is 4.90 Å². The number of nitrogens with zero attached hydrogens (tertiary/aromatic N) is 1. The summed E-state index contributed by atoms with van der Waals surface area (Å²) in [6, 6.07) is 4.21. The topological polar surface area (TPSA) is 125 Å². The zero-order valence-electron chi connectivity index (χ0n) is 13.7. The summed E-state index contributed by atoms with van der Waals surface area (Å²) in [4.78, 5) is 37.6. The van der Waals surface area contributed by atoms with E-state index in [1.54, 1.807) is 0 Å². The van der Waals surface area contributed by atoms with E-state index in [0.29, 0.717) is 0 Å². The number of phenolic OH excluding ortho intramolecular Hbond substituents is 1. The molecule has 0 aliphatic carbocycles. The number of aliphatic hydroxyl groups excluding tert-OH is 1. The summed E-state index contributed by atoms with van der Waals surface area (Å²) in [5, 5.41) is 21.7. The van der Waals surface area contributed by atoms with Crippen molar-refractivity contribution < 1.29 is 34.1 Å². The van der Waals surface area contributed by atoms with E-state index in [1.807, 2.05) is 0 Å². The summed E-state index contributed by atoms with van der Waals surface area (Å²) in [6.45, 7) is -0.276. The number of carbonyl (C=O) groups excluding carboxylic acids is 3. The van der Waals surface area contributed by atoms with Crippen molar-refractivity contribution in [1.29, 1.82) is 0 Å². The number of rotatable bonds is 6. The van der Waals surface area contributed by atoms with Gasteiger partial charge in [0.2, 0.25) is 0 Å². The van der Waals surface area contributed by atoms with E-state index in [0.717, 1.165) is 7.11 Å². The van der Waals surface area contributed by atoms with Gasteiger partial charge in [-0.1, -0.05) is 6.07 Å². The highest BCUT2D eigenvalue weighted by Crippen LogP contribution is 2.30. The van der Waals surface area contributed by atoms with E-state index in [9.17, 15) is 19.5 Å². The van der Waals surface area contributed by atoms with Gasteiger partial charge < -0.3 is 29.9 Å². The minimum Gasteiger partial charge on any atom is -0.507 e. The molecule has 2 rings (SSSR count). The Balaban J connectivity index is 2.46. The fourth-order valence-electron chi connectivity index (χ4n) is 2.44. The molecule has 134 valence electrons. The highest BCUT2D eigenvalue weighted by atomic mass is 16.5. The summed E-state index contributed by atoms with van der Waals surface area (Å²) in [5.41, 5.74) is -0.103. The minimum atomic E-state index is -0.807. The van der Waals surface area contributed by atoms with Crippen LogP contribution in [-0.4, -0.2) is 66.9 Å². The molecule has 1 aromatic carbocycles. The van der Waals surface area contributed by atoms with E-state index in [1.165, 1.54) is 30.2 Å². The van der Waals surface area contributed by atoms with Gasteiger partial charge in [-0.15, -0.1) is 0 Å². The molecule has 0 saturated carbocycles. The van der Waals surface area contributed by atoms with Crippen molar-refractivity contribution in [3.63, 3.8) is 0 Å². The van der Waals surface area contributed by atoms with Crippen molar-refractivity contribution in [2.24, 2.45) is 0 Å². The largest absolute Gasteiger partial charge is 0.507 e. The van der Waals surface area contributed by atoms with Crippen molar-refractivity contribution in [3.8, 4) is 5.75 Å². The molecule has 1 aliphatic rings. The maximum Gasteiger partial charge on any atom is 0.343 e. The molecule has 0 aromatic heterocycles. The van der Waals surface area contributed by atoms with Crippen LogP contribution in [0.15, 0.2) is 29.5 Å².